The van der Waals surface area contributed by atoms with Crippen LogP contribution in [-0.2, 0) is 6.18 Å². The van der Waals surface area contributed by atoms with E-state index in [0.29, 0.717) is 12.1 Å². The second-order valence-electron chi connectivity index (χ2n) is 3.96. The number of ether oxygens (including phenoxy) is 1. The highest BCUT2D eigenvalue weighted by molar-refractivity contribution is 5.44. The average molecular weight is 265 g/mol. The van der Waals surface area contributed by atoms with Crippen molar-refractivity contribution < 1.29 is 22.3 Å². The summed E-state index contributed by atoms with van der Waals surface area (Å²) in [6.45, 7) is 3.29. The first-order valence-corrected chi connectivity index (χ1v) is 5.43. The maximum atomic E-state index is 13.7. The second kappa shape index (κ2) is 5.56. The number of hydrogen-bond acceptors (Lipinski definition) is 2. The van der Waals surface area contributed by atoms with Gasteiger partial charge in [-0.1, -0.05) is 0 Å². The van der Waals surface area contributed by atoms with Crippen molar-refractivity contribution in [2.75, 3.05) is 20.2 Å². The van der Waals surface area contributed by atoms with Gasteiger partial charge in [0.25, 0.3) is 0 Å². The van der Waals surface area contributed by atoms with E-state index in [2.05, 4.69) is 5.32 Å². The number of halogens is 4. The lowest BCUT2D eigenvalue weighted by Crippen LogP contribution is -2.19. The van der Waals surface area contributed by atoms with Crippen molar-refractivity contribution in [2.24, 2.45) is 0 Å². The number of alkyl halides is 3. The molecule has 0 spiro atoms. The van der Waals surface area contributed by atoms with E-state index in [1.165, 1.54) is 13.0 Å². The second-order valence-corrected chi connectivity index (χ2v) is 3.96. The molecule has 0 radical (unpaired) electrons. The zero-order chi connectivity index (χ0) is 13.9. The van der Waals surface area contributed by atoms with Crippen molar-refractivity contribution in [1.29, 1.82) is 0 Å². The first-order chi connectivity index (χ1) is 8.29. The maximum Gasteiger partial charge on any atom is 0.422 e. The lowest BCUT2D eigenvalue weighted by molar-refractivity contribution is -0.141. The summed E-state index contributed by atoms with van der Waals surface area (Å²) in [5.41, 5.74) is -0.912. The number of benzene rings is 1. The Morgan fingerprint density at radius 2 is 1.89 bits per heavy atom. The fourth-order valence-corrected chi connectivity index (χ4v) is 1.49. The first kappa shape index (κ1) is 14.8. The van der Waals surface area contributed by atoms with Gasteiger partial charge in [0.15, 0.2) is 0 Å². The third-order valence-electron chi connectivity index (χ3n) is 2.63. The minimum Gasteiger partial charge on any atom is -0.492 e. The number of hydrogen-bond donors (Lipinski definition) is 1. The van der Waals surface area contributed by atoms with Gasteiger partial charge >= 0.3 is 6.18 Å². The minimum absolute atomic E-state index is 0.0108. The van der Waals surface area contributed by atoms with Crippen LogP contribution in [0.2, 0.25) is 0 Å². The van der Waals surface area contributed by atoms with Crippen LogP contribution in [0.4, 0.5) is 17.6 Å². The molecule has 0 unspecified atom stereocenters. The van der Waals surface area contributed by atoms with E-state index < -0.39 is 23.3 Å². The molecule has 0 saturated heterocycles. The first-order valence-electron chi connectivity index (χ1n) is 5.43. The van der Waals surface area contributed by atoms with Crippen LogP contribution in [0.1, 0.15) is 16.7 Å². The van der Waals surface area contributed by atoms with Gasteiger partial charge in [-0.3, -0.25) is 0 Å². The van der Waals surface area contributed by atoms with E-state index in [9.17, 15) is 17.6 Å². The average Bonchev–Trinajstić information content (AvgIpc) is 2.24. The van der Waals surface area contributed by atoms with E-state index >= 15 is 0 Å². The van der Waals surface area contributed by atoms with Crippen LogP contribution < -0.4 is 10.1 Å². The molecule has 1 N–H and O–H groups in total. The molecule has 0 bridgehead atoms. The largest absolute Gasteiger partial charge is 0.492 e. The van der Waals surface area contributed by atoms with Crippen molar-refractivity contribution in [1.82, 2.24) is 5.32 Å². The number of likely N-dealkylation sites (N-methyl/N-ethyl adjacent to an activating group) is 1. The molecule has 0 atom stereocenters. The van der Waals surface area contributed by atoms with Crippen molar-refractivity contribution in [3.05, 3.63) is 28.6 Å². The molecule has 0 heterocycles. The van der Waals surface area contributed by atoms with Gasteiger partial charge in [0.1, 0.15) is 23.7 Å². The topological polar surface area (TPSA) is 21.3 Å². The molecule has 6 heteroatoms. The fourth-order valence-electron chi connectivity index (χ4n) is 1.49. The van der Waals surface area contributed by atoms with E-state index in [-0.39, 0.29) is 12.2 Å². The van der Waals surface area contributed by atoms with Gasteiger partial charge in [0, 0.05) is 6.54 Å². The SMILES string of the molecule is CNCCOc1cc(C)c(C)c(F)c1C(F)(F)F. The monoisotopic (exact) mass is 265 g/mol. The summed E-state index contributed by atoms with van der Waals surface area (Å²) < 4.78 is 57.1. The standard InChI is InChI=1S/C12H15F4NO/c1-7-6-9(18-5-4-17-3)10(12(14,15)16)11(13)8(7)2/h6,17H,4-5H2,1-3H3. The van der Waals surface area contributed by atoms with E-state index in [0.717, 1.165) is 0 Å². The van der Waals surface area contributed by atoms with Crippen LogP contribution in [0, 0.1) is 19.7 Å². The maximum absolute atomic E-state index is 13.7. The lowest BCUT2D eigenvalue weighted by atomic mass is 10.0. The predicted molar refractivity (Wildman–Crippen MR) is 60.3 cm³/mol. The number of nitrogens with one attached hydrogen (secondary N) is 1. The summed E-state index contributed by atoms with van der Waals surface area (Å²) in [6.07, 6.45) is -4.77. The fraction of sp³-hybridized carbons (Fsp3) is 0.500. The molecule has 0 aliphatic heterocycles. The van der Waals surface area contributed by atoms with Crippen molar-refractivity contribution >= 4 is 0 Å². The molecule has 2 nitrogen and oxygen atoms in total. The Hall–Kier alpha value is -1.30. The molecule has 0 fully saturated rings. The third kappa shape index (κ3) is 3.13. The Morgan fingerprint density at radius 3 is 2.39 bits per heavy atom. The Labute approximate surface area is 103 Å². The Morgan fingerprint density at radius 1 is 1.28 bits per heavy atom. The molecular formula is C12H15F4NO. The molecule has 0 aliphatic carbocycles. The van der Waals surface area contributed by atoms with Crippen LogP contribution in [0.15, 0.2) is 6.07 Å². The van der Waals surface area contributed by atoms with Crippen molar-refractivity contribution in [3.8, 4) is 5.75 Å². The molecular weight excluding hydrogens is 250 g/mol. The van der Waals surface area contributed by atoms with Crippen molar-refractivity contribution in [3.63, 3.8) is 0 Å². The van der Waals surface area contributed by atoms with Gasteiger partial charge in [-0.25, -0.2) is 4.39 Å². The van der Waals surface area contributed by atoms with Gasteiger partial charge in [-0.2, -0.15) is 13.2 Å². The molecule has 0 amide bonds. The minimum atomic E-state index is -4.77. The summed E-state index contributed by atoms with van der Waals surface area (Å²) in [5, 5.41) is 2.74. The van der Waals surface area contributed by atoms with Crippen LogP contribution in [-0.4, -0.2) is 20.2 Å². The number of rotatable bonds is 4. The lowest BCUT2D eigenvalue weighted by Gasteiger charge is -2.17. The summed E-state index contributed by atoms with van der Waals surface area (Å²) >= 11 is 0. The van der Waals surface area contributed by atoms with Gasteiger partial charge in [0.05, 0.1) is 0 Å². The van der Waals surface area contributed by atoms with Crippen LogP contribution in [0.5, 0.6) is 5.75 Å². The number of aryl methyl sites for hydroxylation is 1. The van der Waals surface area contributed by atoms with E-state index in [4.69, 9.17) is 4.74 Å². The Kier molecular flexibility index (Phi) is 4.56. The van der Waals surface area contributed by atoms with Crippen LogP contribution in [0.3, 0.4) is 0 Å². The molecule has 18 heavy (non-hydrogen) atoms. The molecule has 0 aromatic heterocycles. The van der Waals surface area contributed by atoms with Crippen LogP contribution in [0.25, 0.3) is 0 Å². The van der Waals surface area contributed by atoms with E-state index in [1.807, 2.05) is 0 Å². The molecule has 0 aliphatic rings. The third-order valence-corrected chi connectivity index (χ3v) is 2.63. The van der Waals surface area contributed by atoms with Gasteiger partial charge in [-0.15, -0.1) is 0 Å². The highest BCUT2D eigenvalue weighted by Crippen LogP contribution is 2.40. The quantitative estimate of drug-likeness (QED) is 0.667. The summed E-state index contributed by atoms with van der Waals surface area (Å²) in [6, 6.07) is 1.22. The van der Waals surface area contributed by atoms with Gasteiger partial charge in [-0.05, 0) is 38.1 Å². The predicted octanol–water partition coefficient (Wildman–Crippen LogP) is 3.06. The van der Waals surface area contributed by atoms with Gasteiger partial charge < -0.3 is 10.1 Å². The molecule has 1 aromatic rings. The zero-order valence-corrected chi connectivity index (χ0v) is 10.4. The normalized spacial score (nSPS) is 11.7. The molecule has 0 saturated carbocycles. The Bertz CT molecular complexity index is 429. The van der Waals surface area contributed by atoms with Crippen LogP contribution >= 0.6 is 0 Å². The van der Waals surface area contributed by atoms with Crippen molar-refractivity contribution in [2.45, 2.75) is 20.0 Å². The highest BCUT2D eigenvalue weighted by atomic mass is 19.4. The molecule has 1 aromatic carbocycles. The summed E-state index contributed by atoms with van der Waals surface area (Å²) in [5.74, 6) is -1.72. The molecule has 1 rings (SSSR count). The summed E-state index contributed by atoms with van der Waals surface area (Å²) in [7, 11) is 1.65. The van der Waals surface area contributed by atoms with E-state index in [1.54, 1.807) is 14.0 Å². The smallest absolute Gasteiger partial charge is 0.422 e. The summed E-state index contributed by atoms with van der Waals surface area (Å²) in [4.78, 5) is 0. The molecule has 102 valence electrons. The Balaban J connectivity index is 3.22. The highest BCUT2D eigenvalue weighted by Gasteiger charge is 2.39. The van der Waals surface area contributed by atoms with Gasteiger partial charge in [0.2, 0.25) is 0 Å². The zero-order valence-electron chi connectivity index (χ0n) is 10.4.